The van der Waals surface area contributed by atoms with Crippen molar-refractivity contribution in [3.05, 3.63) is 47.1 Å². The largest absolute Gasteiger partial charge is 0.421 e. The quantitative estimate of drug-likeness (QED) is 0.880. The zero-order chi connectivity index (χ0) is 13.7. The summed E-state index contributed by atoms with van der Waals surface area (Å²) in [6, 6.07) is 6.20. The summed E-state index contributed by atoms with van der Waals surface area (Å²) in [5.41, 5.74) is 0.190. The highest BCUT2D eigenvalue weighted by molar-refractivity contribution is 5.88. The Labute approximate surface area is 109 Å². The number of rotatable bonds is 3. The molecule has 0 unspecified atom stereocenters. The molecule has 2 N–H and O–H groups in total. The van der Waals surface area contributed by atoms with E-state index in [1.165, 1.54) is 6.07 Å². The molecule has 0 radical (unpaired) electrons. The Morgan fingerprint density at radius 1 is 1.37 bits per heavy atom. The zero-order valence-corrected chi connectivity index (χ0v) is 10.3. The maximum atomic E-state index is 11.7. The van der Waals surface area contributed by atoms with Crippen molar-refractivity contribution in [2.75, 3.05) is 11.9 Å². The Morgan fingerprint density at radius 2 is 2.21 bits per heavy atom. The number of hydrogen-bond acceptors (Lipinski definition) is 4. The van der Waals surface area contributed by atoms with Gasteiger partial charge in [0.2, 0.25) is 0 Å². The lowest BCUT2D eigenvalue weighted by Crippen LogP contribution is -2.30. The third-order valence-corrected chi connectivity index (χ3v) is 2.36. The molecule has 0 fully saturated rings. The van der Waals surface area contributed by atoms with Crippen molar-refractivity contribution in [1.29, 1.82) is 0 Å². The van der Waals surface area contributed by atoms with Crippen LogP contribution in [0.15, 0.2) is 45.9 Å². The number of carbonyl (C=O) groups is 1. The third kappa shape index (κ3) is 3.19. The molecule has 2 amide bonds. The lowest BCUT2D eigenvalue weighted by molar-refractivity contribution is 0.252. The molecule has 6 nitrogen and oxygen atoms in total. The van der Waals surface area contributed by atoms with Gasteiger partial charge in [-0.3, -0.25) is 4.98 Å². The summed E-state index contributed by atoms with van der Waals surface area (Å²) in [5.74, 6) is 0.402. The molecule has 2 aromatic heterocycles. The van der Waals surface area contributed by atoms with E-state index in [4.69, 9.17) is 4.42 Å². The van der Waals surface area contributed by atoms with Gasteiger partial charge < -0.3 is 15.1 Å². The third-order valence-electron chi connectivity index (χ3n) is 2.36. The second kappa shape index (κ2) is 5.81. The topological polar surface area (TPSA) is 84.2 Å². The molecule has 0 aliphatic carbocycles. The molecular formula is C13H13N3O3. The number of nitrogens with zero attached hydrogens (tertiary/aromatic N) is 1. The highest BCUT2D eigenvalue weighted by Crippen LogP contribution is 2.17. The average Bonchev–Trinajstić information content (AvgIpc) is 2.42. The lowest BCUT2D eigenvalue weighted by atomic mass is 10.2. The number of amides is 2. The van der Waals surface area contributed by atoms with Crippen LogP contribution in [0.25, 0.3) is 11.3 Å². The van der Waals surface area contributed by atoms with Gasteiger partial charge in [-0.1, -0.05) is 0 Å². The van der Waals surface area contributed by atoms with Gasteiger partial charge >= 0.3 is 11.7 Å². The minimum absolute atomic E-state index is 0.0959. The molecule has 98 valence electrons. The molecule has 0 aliphatic rings. The molecule has 0 spiro atoms. The fraction of sp³-hybridized carbons (Fsp3) is 0.154. The summed E-state index contributed by atoms with van der Waals surface area (Å²) in [5, 5.41) is 4.94. The monoisotopic (exact) mass is 259 g/mol. The highest BCUT2D eigenvalue weighted by Gasteiger charge is 2.08. The Balaban J connectivity index is 2.23. The molecule has 19 heavy (non-hydrogen) atoms. The summed E-state index contributed by atoms with van der Waals surface area (Å²) in [7, 11) is 0. The van der Waals surface area contributed by atoms with Crippen molar-refractivity contribution >= 4 is 11.7 Å². The smallest absolute Gasteiger partial charge is 0.360 e. The lowest BCUT2D eigenvalue weighted by Gasteiger charge is -2.05. The van der Waals surface area contributed by atoms with Gasteiger partial charge in [-0.15, -0.1) is 0 Å². The van der Waals surface area contributed by atoms with E-state index >= 15 is 0 Å². The normalized spacial score (nSPS) is 9.95. The number of pyridine rings is 1. The fourth-order valence-corrected chi connectivity index (χ4v) is 1.50. The SMILES string of the molecule is CCNC(=O)Nc1ccc(-c2cccnc2)oc1=O. The van der Waals surface area contributed by atoms with E-state index in [1.54, 1.807) is 37.5 Å². The van der Waals surface area contributed by atoms with Crippen molar-refractivity contribution in [1.82, 2.24) is 10.3 Å². The Bertz CT molecular complexity index is 623. The number of anilines is 1. The van der Waals surface area contributed by atoms with Gasteiger partial charge in [0.05, 0.1) is 0 Å². The summed E-state index contributed by atoms with van der Waals surface area (Å²) in [4.78, 5) is 27.0. The number of nitrogens with one attached hydrogen (secondary N) is 2. The van der Waals surface area contributed by atoms with Crippen LogP contribution in [0.2, 0.25) is 0 Å². The van der Waals surface area contributed by atoms with Gasteiger partial charge in [0.15, 0.2) is 0 Å². The number of aromatic nitrogens is 1. The maximum Gasteiger partial charge on any atom is 0.360 e. The highest BCUT2D eigenvalue weighted by atomic mass is 16.4. The molecule has 6 heteroatoms. The van der Waals surface area contributed by atoms with Gasteiger partial charge in [0, 0.05) is 24.5 Å². The van der Waals surface area contributed by atoms with Gasteiger partial charge in [-0.2, -0.15) is 0 Å². The van der Waals surface area contributed by atoms with Crippen LogP contribution in [-0.2, 0) is 0 Å². The summed E-state index contributed by atoms with van der Waals surface area (Å²) in [6.45, 7) is 2.26. The van der Waals surface area contributed by atoms with Crippen LogP contribution in [0.1, 0.15) is 6.92 Å². The van der Waals surface area contributed by atoms with Crippen molar-refractivity contribution in [3.8, 4) is 11.3 Å². The predicted molar refractivity (Wildman–Crippen MR) is 70.9 cm³/mol. The zero-order valence-electron chi connectivity index (χ0n) is 10.3. The molecule has 2 rings (SSSR count). The molecule has 0 aromatic carbocycles. The van der Waals surface area contributed by atoms with Crippen LogP contribution in [0.3, 0.4) is 0 Å². The average molecular weight is 259 g/mol. The molecular weight excluding hydrogens is 246 g/mol. The van der Waals surface area contributed by atoms with Crippen LogP contribution in [0.5, 0.6) is 0 Å². The summed E-state index contributed by atoms with van der Waals surface area (Å²) >= 11 is 0. The van der Waals surface area contributed by atoms with Crippen molar-refractivity contribution in [2.24, 2.45) is 0 Å². The molecule has 0 saturated heterocycles. The van der Waals surface area contributed by atoms with E-state index in [0.29, 0.717) is 17.9 Å². The van der Waals surface area contributed by atoms with E-state index in [2.05, 4.69) is 15.6 Å². The van der Waals surface area contributed by atoms with E-state index in [-0.39, 0.29) is 5.69 Å². The number of carbonyl (C=O) groups excluding carboxylic acids is 1. The number of urea groups is 1. The first-order valence-electron chi connectivity index (χ1n) is 5.80. The molecule has 0 aliphatic heterocycles. The van der Waals surface area contributed by atoms with E-state index in [1.807, 2.05) is 0 Å². The Morgan fingerprint density at radius 3 is 2.84 bits per heavy atom. The first-order chi connectivity index (χ1) is 9.20. The van der Waals surface area contributed by atoms with Gasteiger partial charge in [0.25, 0.3) is 0 Å². The van der Waals surface area contributed by atoms with Crippen LogP contribution < -0.4 is 16.3 Å². The maximum absolute atomic E-state index is 11.7. The summed E-state index contributed by atoms with van der Waals surface area (Å²) < 4.78 is 5.14. The molecule has 0 atom stereocenters. The standard InChI is InChI=1S/C13H13N3O3/c1-2-15-13(18)16-10-5-6-11(19-12(10)17)9-4-3-7-14-8-9/h3-8H,2H2,1H3,(H2,15,16,18). The van der Waals surface area contributed by atoms with Gasteiger partial charge in [0.1, 0.15) is 11.4 Å². The second-order valence-corrected chi connectivity index (χ2v) is 3.73. The summed E-state index contributed by atoms with van der Waals surface area (Å²) in [6.07, 6.45) is 3.22. The Hall–Kier alpha value is -2.63. The van der Waals surface area contributed by atoms with Crippen LogP contribution >= 0.6 is 0 Å². The Kier molecular flexibility index (Phi) is 3.92. The minimum atomic E-state index is -0.604. The molecule has 2 aromatic rings. The number of hydrogen-bond donors (Lipinski definition) is 2. The molecule has 0 saturated carbocycles. The van der Waals surface area contributed by atoms with E-state index in [0.717, 1.165) is 0 Å². The van der Waals surface area contributed by atoms with Crippen LogP contribution in [0, 0.1) is 0 Å². The van der Waals surface area contributed by atoms with Crippen molar-refractivity contribution in [3.63, 3.8) is 0 Å². The van der Waals surface area contributed by atoms with Crippen molar-refractivity contribution in [2.45, 2.75) is 6.92 Å². The first kappa shape index (κ1) is 12.8. The van der Waals surface area contributed by atoms with Gasteiger partial charge in [-0.25, -0.2) is 9.59 Å². The predicted octanol–water partition coefficient (Wildman–Crippen LogP) is 1.84. The van der Waals surface area contributed by atoms with Crippen LogP contribution in [0.4, 0.5) is 10.5 Å². The fourth-order valence-electron chi connectivity index (χ4n) is 1.50. The first-order valence-corrected chi connectivity index (χ1v) is 5.80. The van der Waals surface area contributed by atoms with Gasteiger partial charge in [-0.05, 0) is 31.2 Å². The van der Waals surface area contributed by atoms with Crippen molar-refractivity contribution < 1.29 is 9.21 Å². The minimum Gasteiger partial charge on any atom is -0.421 e. The molecule has 0 bridgehead atoms. The van der Waals surface area contributed by atoms with E-state index < -0.39 is 11.7 Å². The van der Waals surface area contributed by atoms with Crippen LogP contribution in [-0.4, -0.2) is 17.6 Å². The molecule has 2 heterocycles. The van der Waals surface area contributed by atoms with E-state index in [9.17, 15) is 9.59 Å². The second-order valence-electron chi connectivity index (χ2n) is 3.73.